The van der Waals surface area contributed by atoms with E-state index in [1.165, 1.54) is 25.5 Å². The predicted molar refractivity (Wildman–Crippen MR) is 99.0 cm³/mol. The predicted octanol–water partition coefficient (Wildman–Crippen LogP) is 5.15. The smallest absolute Gasteiger partial charge is 0.330 e. The number of ether oxygens (including phenoxy) is 1. The molecule has 0 aromatic heterocycles. The number of esters is 1. The average Bonchev–Trinajstić information content (AvgIpc) is 2.58. The van der Waals surface area contributed by atoms with Crippen LogP contribution in [0.1, 0.15) is 66.7 Å². The van der Waals surface area contributed by atoms with Crippen LogP contribution in [0.3, 0.4) is 0 Å². The van der Waals surface area contributed by atoms with Crippen molar-refractivity contribution in [2.75, 3.05) is 7.11 Å². The number of rotatable bonds is 5. The molecule has 25 heavy (non-hydrogen) atoms. The highest BCUT2D eigenvalue weighted by Crippen LogP contribution is 2.62. The van der Waals surface area contributed by atoms with Gasteiger partial charge < -0.3 is 4.74 Å². The zero-order chi connectivity index (χ0) is 18.8. The van der Waals surface area contributed by atoms with E-state index in [1.54, 1.807) is 6.08 Å². The Kier molecular flexibility index (Phi) is 6.16. The van der Waals surface area contributed by atoms with Crippen molar-refractivity contribution in [3.05, 3.63) is 23.3 Å². The average molecular weight is 350 g/mol. The normalized spacial score (nSPS) is 38.8. The van der Waals surface area contributed by atoms with Gasteiger partial charge in [0.15, 0.2) is 0 Å². The van der Waals surface area contributed by atoms with Crippen LogP contribution in [0.15, 0.2) is 23.3 Å². The summed E-state index contributed by atoms with van der Waals surface area (Å²) in [5.74, 6) is 0.771. The number of carbonyl (C=O) groups is 1. The summed E-state index contributed by atoms with van der Waals surface area (Å²) >= 11 is 0. The molecule has 142 valence electrons. The van der Waals surface area contributed by atoms with E-state index in [2.05, 4.69) is 33.8 Å². The fourth-order valence-corrected chi connectivity index (χ4v) is 5.16. The van der Waals surface area contributed by atoms with Gasteiger partial charge in [-0.25, -0.2) is 9.68 Å². The molecule has 5 unspecified atom stereocenters. The van der Waals surface area contributed by atoms with E-state index in [0.29, 0.717) is 11.8 Å². The molecule has 5 atom stereocenters. The topological polar surface area (TPSA) is 55.8 Å². The fourth-order valence-electron chi connectivity index (χ4n) is 5.16. The van der Waals surface area contributed by atoms with Gasteiger partial charge in [0.25, 0.3) is 0 Å². The van der Waals surface area contributed by atoms with Crippen molar-refractivity contribution in [3.8, 4) is 0 Å². The lowest BCUT2D eigenvalue weighted by atomic mass is 9.46. The zero-order valence-electron chi connectivity index (χ0n) is 16.6. The number of methoxy groups -OCH3 is 1. The molecule has 0 saturated heterocycles. The summed E-state index contributed by atoms with van der Waals surface area (Å²) in [5.41, 5.74) is 2.70. The van der Waals surface area contributed by atoms with Crippen molar-refractivity contribution < 1.29 is 19.7 Å². The Morgan fingerprint density at radius 3 is 2.72 bits per heavy atom. The second-order valence-corrected chi connectivity index (χ2v) is 8.66. The molecule has 0 spiro atoms. The highest BCUT2D eigenvalue weighted by atomic mass is 17.1. The van der Waals surface area contributed by atoms with E-state index >= 15 is 0 Å². The Hall–Kier alpha value is -1.13. The largest absolute Gasteiger partial charge is 0.466 e. The van der Waals surface area contributed by atoms with E-state index in [9.17, 15) is 10.1 Å². The zero-order valence-corrected chi connectivity index (χ0v) is 16.6. The maximum Gasteiger partial charge on any atom is 0.330 e. The summed E-state index contributed by atoms with van der Waals surface area (Å²) in [5, 5.41) is 9.26. The Morgan fingerprint density at radius 1 is 1.44 bits per heavy atom. The molecule has 0 aliphatic heterocycles. The van der Waals surface area contributed by atoms with Crippen molar-refractivity contribution in [3.63, 3.8) is 0 Å². The van der Waals surface area contributed by atoms with Crippen LogP contribution in [0.5, 0.6) is 0 Å². The van der Waals surface area contributed by atoms with Crippen molar-refractivity contribution in [2.45, 2.75) is 72.8 Å². The quantitative estimate of drug-likeness (QED) is 0.245. The SMILES string of the molecule is COC(=O)C=C(C)CCC1(C)C(C)CCC2(C)C(C)=CC(OO)CC21. The molecule has 2 aliphatic carbocycles. The minimum Gasteiger partial charge on any atom is -0.466 e. The summed E-state index contributed by atoms with van der Waals surface area (Å²) in [6, 6.07) is 0. The molecule has 1 saturated carbocycles. The lowest BCUT2D eigenvalue weighted by Crippen LogP contribution is -2.51. The third-order valence-corrected chi connectivity index (χ3v) is 7.35. The number of hydrogen-bond acceptors (Lipinski definition) is 4. The molecule has 0 aromatic rings. The van der Waals surface area contributed by atoms with Crippen molar-refractivity contribution in [1.82, 2.24) is 0 Å². The lowest BCUT2D eigenvalue weighted by Gasteiger charge is -2.58. The molecular formula is C21H34O4. The molecule has 0 heterocycles. The van der Waals surface area contributed by atoms with Gasteiger partial charge >= 0.3 is 5.97 Å². The Labute approximate surface area is 152 Å². The maximum absolute atomic E-state index is 11.5. The minimum absolute atomic E-state index is 0.143. The van der Waals surface area contributed by atoms with E-state index in [1.807, 2.05) is 6.92 Å². The Balaban J connectivity index is 2.26. The second kappa shape index (κ2) is 7.63. The van der Waals surface area contributed by atoms with Crippen LogP contribution >= 0.6 is 0 Å². The maximum atomic E-state index is 11.5. The van der Waals surface area contributed by atoms with Crippen LogP contribution in [-0.4, -0.2) is 24.4 Å². The summed E-state index contributed by atoms with van der Waals surface area (Å²) in [7, 11) is 1.41. The Morgan fingerprint density at radius 2 is 2.12 bits per heavy atom. The van der Waals surface area contributed by atoms with Crippen LogP contribution in [0.2, 0.25) is 0 Å². The standard InChI is InChI=1S/C21H34O4/c1-14(11-19(22)24-6)7-9-20(4)15(2)8-10-21(5)16(3)12-17(25-23)13-18(20)21/h11-12,15,17-18,23H,7-10,13H2,1-6H3. The van der Waals surface area contributed by atoms with Gasteiger partial charge in [0.2, 0.25) is 0 Å². The molecule has 4 heteroatoms. The molecule has 1 N–H and O–H groups in total. The van der Waals surface area contributed by atoms with Crippen LogP contribution < -0.4 is 0 Å². The molecule has 1 fully saturated rings. The van der Waals surface area contributed by atoms with Gasteiger partial charge in [0.1, 0.15) is 6.10 Å². The number of fused-ring (bicyclic) bond motifs is 1. The van der Waals surface area contributed by atoms with Gasteiger partial charge in [-0.1, -0.05) is 38.0 Å². The first-order valence-corrected chi connectivity index (χ1v) is 9.41. The number of allylic oxidation sites excluding steroid dienone is 2. The summed E-state index contributed by atoms with van der Waals surface area (Å²) < 4.78 is 4.74. The van der Waals surface area contributed by atoms with E-state index in [4.69, 9.17) is 9.62 Å². The van der Waals surface area contributed by atoms with E-state index < -0.39 is 0 Å². The van der Waals surface area contributed by atoms with E-state index in [-0.39, 0.29) is 22.9 Å². The van der Waals surface area contributed by atoms with Crippen LogP contribution in [0.4, 0.5) is 0 Å². The lowest BCUT2D eigenvalue weighted by molar-refractivity contribution is -0.276. The van der Waals surface area contributed by atoms with Crippen LogP contribution in [0.25, 0.3) is 0 Å². The summed E-state index contributed by atoms with van der Waals surface area (Å²) in [6.07, 6.45) is 8.64. The van der Waals surface area contributed by atoms with Crippen molar-refractivity contribution in [2.24, 2.45) is 22.7 Å². The summed E-state index contributed by atoms with van der Waals surface area (Å²) in [6.45, 7) is 11.3. The van der Waals surface area contributed by atoms with Gasteiger partial charge in [-0.15, -0.1) is 0 Å². The van der Waals surface area contributed by atoms with Crippen molar-refractivity contribution in [1.29, 1.82) is 0 Å². The molecular weight excluding hydrogens is 316 g/mol. The summed E-state index contributed by atoms with van der Waals surface area (Å²) in [4.78, 5) is 16.2. The molecule has 2 aliphatic rings. The van der Waals surface area contributed by atoms with Gasteiger partial charge in [-0.05, 0) is 68.6 Å². The number of hydrogen-bond donors (Lipinski definition) is 1. The highest BCUT2D eigenvalue weighted by molar-refractivity contribution is 5.82. The first-order chi connectivity index (χ1) is 11.7. The van der Waals surface area contributed by atoms with Crippen LogP contribution in [0, 0.1) is 22.7 Å². The van der Waals surface area contributed by atoms with Crippen molar-refractivity contribution >= 4 is 5.97 Å². The van der Waals surface area contributed by atoms with Crippen LogP contribution in [-0.2, 0) is 14.4 Å². The van der Waals surface area contributed by atoms with Gasteiger partial charge in [-0.2, -0.15) is 0 Å². The third-order valence-electron chi connectivity index (χ3n) is 7.35. The monoisotopic (exact) mass is 350 g/mol. The Bertz CT molecular complexity index is 564. The minimum atomic E-state index is -0.283. The highest BCUT2D eigenvalue weighted by Gasteiger charge is 2.54. The molecule has 4 nitrogen and oxygen atoms in total. The second-order valence-electron chi connectivity index (χ2n) is 8.66. The first kappa shape index (κ1) is 20.2. The fraction of sp³-hybridized carbons (Fsp3) is 0.762. The molecule has 0 radical (unpaired) electrons. The molecule has 0 amide bonds. The molecule has 0 bridgehead atoms. The first-order valence-electron chi connectivity index (χ1n) is 9.41. The third kappa shape index (κ3) is 3.85. The number of carbonyl (C=O) groups excluding carboxylic acids is 1. The molecule has 2 rings (SSSR count). The van der Waals surface area contributed by atoms with Gasteiger partial charge in [0.05, 0.1) is 7.11 Å². The van der Waals surface area contributed by atoms with E-state index in [0.717, 1.165) is 24.8 Å². The van der Waals surface area contributed by atoms with Gasteiger partial charge in [0, 0.05) is 6.08 Å². The molecule has 0 aromatic carbocycles. The van der Waals surface area contributed by atoms with Gasteiger partial charge in [-0.3, -0.25) is 5.26 Å².